The van der Waals surface area contributed by atoms with E-state index in [9.17, 15) is 18.0 Å². The van der Waals surface area contributed by atoms with Crippen LogP contribution in [0.2, 0.25) is 0 Å². The number of nitrogens with zero attached hydrogens (tertiary/aromatic N) is 1. The number of anilines is 1. The molecule has 0 aliphatic heterocycles. The molecule has 0 spiro atoms. The maximum absolute atomic E-state index is 12.5. The number of sulfonamides is 1. The van der Waals surface area contributed by atoms with Crippen LogP contribution in [0.5, 0.6) is 0 Å². The van der Waals surface area contributed by atoms with E-state index in [1.165, 1.54) is 16.2 Å². The Morgan fingerprint density at radius 1 is 1.21 bits per heavy atom. The van der Waals surface area contributed by atoms with E-state index < -0.39 is 10.0 Å². The lowest BCUT2D eigenvalue weighted by Gasteiger charge is -2.16. The molecule has 0 fully saturated rings. The van der Waals surface area contributed by atoms with Gasteiger partial charge in [0.2, 0.25) is 15.9 Å². The molecule has 2 rings (SSSR count). The first-order valence-electron chi connectivity index (χ1n) is 8.40. The van der Waals surface area contributed by atoms with Crippen LogP contribution >= 0.6 is 27.3 Å². The third kappa shape index (κ3) is 7.01. The van der Waals surface area contributed by atoms with E-state index in [4.69, 9.17) is 0 Å². The van der Waals surface area contributed by atoms with Crippen LogP contribution in [-0.4, -0.2) is 51.5 Å². The van der Waals surface area contributed by atoms with E-state index >= 15 is 0 Å². The molecule has 10 heteroatoms. The van der Waals surface area contributed by atoms with Crippen molar-refractivity contribution in [2.75, 3.05) is 31.7 Å². The van der Waals surface area contributed by atoms with E-state index in [0.717, 1.165) is 21.2 Å². The predicted molar refractivity (Wildman–Crippen MR) is 115 cm³/mol. The van der Waals surface area contributed by atoms with Crippen molar-refractivity contribution in [3.8, 4) is 0 Å². The van der Waals surface area contributed by atoms with Gasteiger partial charge in [-0.1, -0.05) is 15.9 Å². The van der Waals surface area contributed by atoms with Gasteiger partial charge in [-0.25, -0.2) is 13.1 Å². The lowest BCUT2D eigenvalue weighted by atomic mass is 10.2. The molecule has 1 heterocycles. The van der Waals surface area contributed by atoms with Gasteiger partial charge in [-0.05, 0) is 49.2 Å². The molecule has 0 radical (unpaired) electrons. The molecule has 0 saturated carbocycles. The summed E-state index contributed by atoms with van der Waals surface area (Å²) in [4.78, 5) is 27.5. The molecule has 152 valence electrons. The maximum Gasteiger partial charge on any atom is 0.264 e. The zero-order valence-corrected chi connectivity index (χ0v) is 19.0. The summed E-state index contributed by atoms with van der Waals surface area (Å²) in [5.41, 5.74) is 1.62. The number of carbonyl (C=O) groups is 2. The van der Waals surface area contributed by atoms with Crippen LogP contribution in [0.15, 0.2) is 34.8 Å². The Bertz CT molecular complexity index is 973. The first-order chi connectivity index (χ1) is 13.0. The third-order valence-corrected chi connectivity index (χ3v) is 6.15. The molecule has 28 heavy (non-hydrogen) atoms. The minimum atomic E-state index is -3.23. The molecule has 1 aromatic heterocycles. The van der Waals surface area contributed by atoms with Gasteiger partial charge in [-0.3, -0.25) is 9.59 Å². The molecule has 0 saturated heterocycles. The molecule has 2 N–H and O–H groups in total. The topological polar surface area (TPSA) is 95.6 Å². The van der Waals surface area contributed by atoms with Crippen molar-refractivity contribution >= 4 is 54.8 Å². The minimum Gasteiger partial charge on any atom is -0.332 e. The van der Waals surface area contributed by atoms with Crippen LogP contribution in [-0.2, 0) is 21.2 Å². The summed E-state index contributed by atoms with van der Waals surface area (Å²) in [7, 11) is -1.66. The van der Waals surface area contributed by atoms with Gasteiger partial charge in [0.25, 0.3) is 5.91 Å². The second-order valence-electron chi connectivity index (χ2n) is 6.35. The van der Waals surface area contributed by atoms with E-state index in [1.54, 1.807) is 25.2 Å². The van der Waals surface area contributed by atoms with Crippen LogP contribution in [0.4, 0.5) is 5.69 Å². The predicted octanol–water partition coefficient (Wildman–Crippen LogP) is 2.62. The van der Waals surface area contributed by atoms with Crippen molar-refractivity contribution in [3.05, 3.63) is 50.1 Å². The number of hydrogen-bond donors (Lipinski definition) is 2. The molecule has 0 aliphatic rings. The highest BCUT2D eigenvalue weighted by molar-refractivity contribution is 9.10. The van der Waals surface area contributed by atoms with E-state index in [1.807, 2.05) is 19.1 Å². The van der Waals surface area contributed by atoms with Crippen molar-refractivity contribution in [2.24, 2.45) is 0 Å². The van der Waals surface area contributed by atoms with Gasteiger partial charge < -0.3 is 10.2 Å². The smallest absolute Gasteiger partial charge is 0.264 e. The Kier molecular flexibility index (Phi) is 7.76. The average molecular weight is 488 g/mol. The first kappa shape index (κ1) is 22.5. The Balaban J connectivity index is 1.90. The zero-order chi connectivity index (χ0) is 20.9. The highest BCUT2D eigenvalue weighted by atomic mass is 79.9. The van der Waals surface area contributed by atoms with E-state index in [0.29, 0.717) is 17.0 Å². The summed E-state index contributed by atoms with van der Waals surface area (Å²) >= 11 is 4.67. The number of carbonyl (C=O) groups excluding carboxylic acids is 2. The summed E-state index contributed by atoms with van der Waals surface area (Å²) in [6, 6.07) is 9.02. The molecule has 1 aromatic carbocycles. The van der Waals surface area contributed by atoms with Crippen LogP contribution in [0.25, 0.3) is 0 Å². The van der Waals surface area contributed by atoms with Crippen molar-refractivity contribution in [2.45, 2.75) is 13.3 Å². The van der Waals surface area contributed by atoms with E-state index in [2.05, 4.69) is 26.0 Å². The standard InChI is InChI=1S/C18H22BrN3O4S2/c1-12-10-13(19)4-6-15(12)21-17(23)11-22(2)18(24)16-7-5-14(27-16)8-9-20-28(3,25)26/h4-7,10,20H,8-9,11H2,1-3H3,(H,21,23). The molecule has 7 nitrogen and oxygen atoms in total. The van der Waals surface area contributed by atoms with Crippen LogP contribution in [0.3, 0.4) is 0 Å². The van der Waals surface area contributed by atoms with Crippen molar-refractivity contribution in [3.63, 3.8) is 0 Å². The van der Waals surface area contributed by atoms with Crippen LogP contribution in [0.1, 0.15) is 20.1 Å². The number of amides is 2. The number of rotatable bonds is 8. The third-order valence-electron chi connectivity index (χ3n) is 3.80. The van der Waals surface area contributed by atoms with Gasteiger partial charge in [0, 0.05) is 28.6 Å². The highest BCUT2D eigenvalue weighted by Crippen LogP contribution is 2.21. The molecule has 2 aromatic rings. The molecular formula is C18H22BrN3O4S2. The summed E-state index contributed by atoms with van der Waals surface area (Å²) < 4.78 is 25.5. The SMILES string of the molecule is Cc1cc(Br)ccc1NC(=O)CN(C)C(=O)c1ccc(CCNS(C)(=O)=O)s1. The normalized spacial score (nSPS) is 11.3. The largest absolute Gasteiger partial charge is 0.332 e. The lowest BCUT2D eigenvalue weighted by Crippen LogP contribution is -2.34. The first-order valence-corrected chi connectivity index (χ1v) is 11.9. The zero-order valence-electron chi connectivity index (χ0n) is 15.8. The molecular weight excluding hydrogens is 466 g/mol. The van der Waals surface area contributed by atoms with Gasteiger partial charge in [0.05, 0.1) is 17.7 Å². The fraction of sp³-hybridized carbons (Fsp3) is 0.333. The Morgan fingerprint density at radius 2 is 1.93 bits per heavy atom. The van der Waals surface area contributed by atoms with Crippen molar-refractivity contribution < 1.29 is 18.0 Å². The van der Waals surface area contributed by atoms with Gasteiger partial charge in [-0.2, -0.15) is 0 Å². The number of thiophene rings is 1. The summed E-state index contributed by atoms with van der Waals surface area (Å²) in [5, 5.41) is 2.81. The van der Waals surface area contributed by atoms with Gasteiger partial charge in [0.15, 0.2) is 0 Å². The highest BCUT2D eigenvalue weighted by Gasteiger charge is 2.17. The van der Waals surface area contributed by atoms with Crippen LogP contribution in [0, 0.1) is 6.92 Å². The summed E-state index contributed by atoms with van der Waals surface area (Å²) in [6.45, 7) is 2.09. The summed E-state index contributed by atoms with van der Waals surface area (Å²) in [6.07, 6.45) is 1.60. The van der Waals surface area contributed by atoms with Gasteiger partial charge in [0.1, 0.15) is 0 Å². The second kappa shape index (κ2) is 9.64. The minimum absolute atomic E-state index is 0.0722. The Hall–Kier alpha value is -1.75. The average Bonchev–Trinajstić information content (AvgIpc) is 3.04. The quantitative estimate of drug-likeness (QED) is 0.597. The number of halogens is 1. The summed E-state index contributed by atoms with van der Waals surface area (Å²) in [5.74, 6) is -0.537. The number of nitrogens with one attached hydrogen (secondary N) is 2. The van der Waals surface area contributed by atoms with Crippen molar-refractivity contribution in [1.82, 2.24) is 9.62 Å². The molecule has 0 aliphatic carbocycles. The van der Waals surface area contributed by atoms with Gasteiger partial charge >= 0.3 is 0 Å². The lowest BCUT2D eigenvalue weighted by molar-refractivity contribution is -0.116. The number of aryl methyl sites for hydroxylation is 1. The monoisotopic (exact) mass is 487 g/mol. The van der Waals surface area contributed by atoms with E-state index in [-0.39, 0.29) is 24.9 Å². The van der Waals surface area contributed by atoms with Crippen LogP contribution < -0.4 is 10.0 Å². The molecule has 0 bridgehead atoms. The van der Waals surface area contributed by atoms with Gasteiger partial charge in [-0.15, -0.1) is 11.3 Å². The number of likely N-dealkylation sites (N-methyl/N-ethyl adjacent to an activating group) is 1. The maximum atomic E-state index is 12.5. The number of benzene rings is 1. The Morgan fingerprint density at radius 3 is 2.57 bits per heavy atom. The molecule has 0 atom stereocenters. The number of hydrogen-bond acceptors (Lipinski definition) is 5. The Labute approximate surface area is 177 Å². The molecule has 2 amide bonds. The fourth-order valence-electron chi connectivity index (χ4n) is 2.42. The second-order valence-corrected chi connectivity index (χ2v) is 10.3. The molecule has 0 unspecified atom stereocenters. The fourth-order valence-corrected chi connectivity index (χ4v) is 4.37. The van der Waals surface area contributed by atoms with Crippen molar-refractivity contribution in [1.29, 1.82) is 0 Å².